The highest BCUT2D eigenvalue weighted by molar-refractivity contribution is 7.80. The number of rotatable bonds is 1. The van der Waals surface area contributed by atoms with E-state index in [4.69, 9.17) is 12.2 Å². The molecule has 18 heavy (non-hydrogen) atoms. The molecule has 1 atom stereocenters. The molecule has 1 saturated carbocycles. The molecular formula is C14H16N2OS. The molecule has 0 unspecified atom stereocenters. The molecule has 1 heterocycles. The summed E-state index contributed by atoms with van der Waals surface area (Å²) in [4.78, 5) is 0.587. The molecule has 1 aliphatic carbocycles. The summed E-state index contributed by atoms with van der Waals surface area (Å²) in [6.07, 6.45) is 1.98. The Morgan fingerprint density at radius 3 is 2.44 bits per heavy atom. The van der Waals surface area contributed by atoms with Gasteiger partial charge >= 0.3 is 0 Å². The number of hydrazone groups is 1. The summed E-state index contributed by atoms with van der Waals surface area (Å²) in [5, 5.41) is 16.9. The minimum absolute atomic E-state index is 0.175. The Morgan fingerprint density at radius 1 is 1.33 bits per heavy atom. The molecule has 1 aromatic carbocycles. The normalized spacial score (nSPS) is 28.4. The number of hydrogen-bond acceptors (Lipinski definition) is 3. The van der Waals surface area contributed by atoms with Gasteiger partial charge in [-0.15, -0.1) is 0 Å². The zero-order valence-corrected chi connectivity index (χ0v) is 11.4. The van der Waals surface area contributed by atoms with Gasteiger partial charge < -0.3 is 5.11 Å². The molecule has 0 amide bonds. The van der Waals surface area contributed by atoms with E-state index in [0.717, 1.165) is 24.1 Å². The van der Waals surface area contributed by atoms with Gasteiger partial charge in [-0.05, 0) is 26.7 Å². The van der Waals surface area contributed by atoms with Gasteiger partial charge in [0.25, 0.3) is 0 Å². The number of aliphatic hydroxyl groups is 1. The second kappa shape index (κ2) is 3.62. The molecule has 2 aliphatic rings. The summed E-state index contributed by atoms with van der Waals surface area (Å²) in [5.41, 5.74) is 0.739. The molecule has 1 N–H and O–H groups in total. The zero-order valence-electron chi connectivity index (χ0n) is 10.6. The van der Waals surface area contributed by atoms with Gasteiger partial charge in [0, 0.05) is 11.3 Å². The van der Waals surface area contributed by atoms with Crippen molar-refractivity contribution in [2.24, 2.45) is 10.5 Å². The van der Waals surface area contributed by atoms with E-state index in [1.54, 1.807) is 5.01 Å². The first-order chi connectivity index (χ1) is 8.49. The molecule has 94 valence electrons. The van der Waals surface area contributed by atoms with E-state index < -0.39 is 5.72 Å². The Morgan fingerprint density at radius 2 is 1.94 bits per heavy atom. The van der Waals surface area contributed by atoms with Crippen molar-refractivity contribution in [3.8, 4) is 0 Å². The van der Waals surface area contributed by atoms with Crippen molar-refractivity contribution in [1.82, 2.24) is 5.01 Å². The number of thiocarbonyl (C=S) groups is 1. The molecule has 0 radical (unpaired) electrons. The average molecular weight is 260 g/mol. The number of benzene rings is 1. The van der Waals surface area contributed by atoms with Gasteiger partial charge in [-0.2, -0.15) is 5.10 Å². The third-order valence-corrected chi connectivity index (χ3v) is 4.63. The average Bonchev–Trinajstić information content (AvgIpc) is 3.14. The fourth-order valence-corrected chi connectivity index (χ4v) is 3.15. The SMILES string of the molecule is CC1=NN(C(=S)c2ccccc2)[C@](C)(O)C12CC2. The lowest BCUT2D eigenvalue weighted by Gasteiger charge is -2.34. The second-order valence-corrected chi connectivity index (χ2v) is 5.66. The van der Waals surface area contributed by atoms with Crippen molar-refractivity contribution in [3.05, 3.63) is 35.9 Å². The summed E-state index contributed by atoms with van der Waals surface area (Å²) in [6.45, 7) is 3.80. The van der Waals surface area contributed by atoms with Crippen LogP contribution in [0.5, 0.6) is 0 Å². The van der Waals surface area contributed by atoms with Gasteiger partial charge in [0.05, 0.1) is 5.41 Å². The molecule has 1 aliphatic heterocycles. The lowest BCUT2D eigenvalue weighted by molar-refractivity contribution is -0.0732. The highest BCUT2D eigenvalue weighted by Gasteiger charge is 2.65. The molecular weight excluding hydrogens is 244 g/mol. The summed E-state index contributed by atoms with van der Waals surface area (Å²) < 4.78 is 0. The maximum Gasteiger partial charge on any atom is 0.167 e. The lowest BCUT2D eigenvalue weighted by atomic mass is 9.90. The van der Waals surface area contributed by atoms with Crippen molar-refractivity contribution in [1.29, 1.82) is 0 Å². The van der Waals surface area contributed by atoms with Gasteiger partial charge in [0.1, 0.15) is 4.99 Å². The highest BCUT2D eigenvalue weighted by atomic mass is 32.1. The van der Waals surface area contributed by atoms with E-state index in [1.807, 2.05) is 44.2 Å². The molecule has 1 fully saturated rings. The second-order valence-electron chi connectivity index (χ2n) is 5.27. The summed E-state index contributed by atoms with van der Waals surface area (Å²) in [5.74, 6) is 0. The largest absolute Gasteiger partial charge is 0.368 e. The van der Waals surface area contributed by atoms with Crippen molar-refractivity contribution in [3.63, 3.8) is 0 Å². The molecule has 0 aromatic heterocycles. The van der Waals surface area contributed by atoms with Crippen LogP contribution >= 0.6 is 12.2 Å². The van der Waals surface area contributed by atoms with Crippen LogP contribution < -0.4 is 0 Å². The van der Waals surface area contributed by atoms with Crippen molar-refractivity contribution in [2.75, 3.05) is 0 Å². The van der Waals surface area contributed by atoms with Crippen LogP contribution in [0.3, 0.4) is 0 Å². The maximum absolute atomic E-state index is 10.8. The van der Waals surface area contributed by atoms with Crippen LogP contribution in [-0.2, 0) is 0 Å². The molecule has 0 saturated heterocycles. The predicted molar refractivity (Wildman–Crippen MR) is 75.4 cm³/mol. The van der Waals surface area contributed by atoms with Gasteiger partial charge in [0.15, 0.2) is 5.72 Å². The van der Waals surface area contributed by atoms with Crippen LogP contribution in [0.15, 0.2) is 35.4 Å². The Hall–Kier alpha value is -1.26. The van der Waals surface area contributed by atoms with Gasteiger partial charge in [-0.25, -0.2) is 5.01 Å². The van der Waals surface area contributed by atoms with Crippen LogP contribution in [0.25, 0.3) is 0 Å². The predicted octanol–water partition coefficient (Wildman–Crippen LogP) is 2.54. The Balaban J connectivity index is 1.97. The van der Waals surface area contributed by atoms with E-state index in [1.165, 1.54) is 0 Å². The monoisotopic (exact) mass is 260 g/mol. The van der Waals surface area contributed by atoms with Gasteiger partial charge in [-0.3, -0.25) is 0 Å². The standard InChI is InChI=1S/C14H16N2OS/c1-10-14(8-9-14)13(2,17)16(15-10)12(18)11-6-4-3-5-7-11/h3-7,17H,8-9H2,1-2H3/t13-/m1/s1. The Labute approximate surface area is 112 Å². The van der Waals surface area contributed by atoms with E-state index in [-0.39, 0.29) is 5.41 Å². The summed E-state index contributed by atoms with van der Waals surface area (Å²) in [7, 11) is 0. The topological polar surface area (TPSA) is 35.8 Å². The van der Waals surface area contributed by atoms with Crippen LogP contribution in [0.4, 0.5) is 0 Å². The fraction of sp³-hybridized carbons (Fsp3) is 0.429. The highest BCUT2D eigenvalue weighted by Crippen LogP contribution is 2.59. The van der Waals surface area contributed by atoms with Crippen molar-refractivity contribution < 1.29 is 5.11 Å². The van der Waals surface area contributed by atoms with E-state index in [9.17, 15) is 5.11 Å². The minimum Gasteiger partial charge on any atom is -0.368 e. The number of nitrogens with zero attached hydrogens (tertiary/aromatic N) is 2. The third kappa shape index (κ3) is 1.39. The van der Waals surface area contributed by atoms with E-state index >= 15 is 0 Å². The zero-order chi connectivity index (χ0) is 13.0. The number of hydrogen-bond donors (Lipinski definition) is 1. The van der Waals surface area contributed by atoms with E-state index in [0.29, 0.717) is 4.99 Å². The van der Waals surface area contributed by atoms with Gasteiger partial charge in [-0.1, -0.05) is 42.5 Å². The minimum atomic E-state index is -0.996. The molecule has 4 heteroatoms. The first-order valence-corrected chi connectivity index (χ1v) is 6.57. The van der Waals surface area contributed by atoms with Crippen LogP contribution in [0.2, 0.25) is 0 Å². The first-order valence-electron chi connectivity index (χ1n) is 6.17. The van der Waals surface area contributed by atoms with E-state index in [2.05, 4.69) is 5.10 Å². The molecule has 3 rings (SSSR count). The quantitative estimate of drug-likeness (QED) is 0.788. The van der Waals surface area contributed by atoms with Gasteiger partial charge in [0.2, 0.25) is 0 Å². The Kier molecular flexibility index (Phi) is 2.37. The van der Waals surface area contributed by atoms with Crippen LogP contribution in [0, 0.1) is 5.41 Å². The molecule has 0 bridgehead atoms. The molecule has 3 nitrogen and oxygen atoms in total. The first kappa shape index (κ1) is 11.8. The lowest BCUT2D eigenvalue weighted by Crippen LogP contribution is -2.49. The third-order valence-electron chi connectivity index (χ3n) is 4.22. The van der Waals surface area contributed by atoms with Crippen LogP contribution in [0.1, 0.15) is 32.3 Å². The smallest absolute Gasteiger partial charge is 0.167 e. The van der Waals surface area contributed by atoms with Crippen molar-refractivity contribution in [2.45, 2.75) is 32.4 Å². The fourth-order valence-electron chi connectivity index (χ4n) is 2.80. The maximum atomic E-state index is 10.8. The summed E-state index contributed by atoms with van der Waals surface area (Å²) >= 11 is 5.47. The summed E-state index contributed by atoms with van der Waals surface area (Å²) in [6, 6.07) is 9.72. The molecule has 1 aromatic rings. The Bertz CT molecular complexity index is 532. The molecule has 1 spiro atoms. The van der Waals surface area contributed by atoms with Crippen LogP contribution in [-0.4, -0.2) is 26.5 Å². The van der Waals surface area contributed by atoms with Crippen molar-refractivity contribution >= 4 is 22.9 Å².